The molecular formula is C16H19N3O3. The monoisotopic (exact) mass is 301 g/mol. The Morgan fingerprint density at radius 2 is 2.00 bits per heavy atom. The quantitative estimate of drug-likeness (QED) is 0.856. The van der Waals surface area contributed by atoms with Crippen LogP contribution in [0.4, 0.5) is 0 Å². The Bertz CT molecular complexity index is 662. The molecule has 22 heavy (non-hydrogen) atoms. The number of carbonyl (C=O) groups excluding carboxylic acids is 1. The van der Waals surface area contributed by atoms with Crippen LogP contribution < -0.4 is 5.32 Å². The summed E-state index contributed by atoms with van der Waals surface area (Å²) in [6, 6.07) is 6.01. The molecule has 6 nitrogen and oxygen atoms in total. The minimum Gasteiger partial charge on any atom is -0.480 e. The fraction of sp³-hybridized carbons (Fsp3) is 0.312. The third-order valence-corrected chi connectivity index (χ3v) is 3.29. The smallest absolute Gasteiger partial charge is 0.326 e. The minimum atomic E-state index is -1.01. The SMILES string of the molecule is CCCC(NC(=O)c1ccc(-n2cc(C)cn2)cc1)C(=O)O. The lowest BCUT2D eigenvalue weighted by Gasteiger charge is -2.13. The molecule has 2 N–H and O–H groups in total. The van der Waals surface area contributed by atoms with Gasteiger partial charge in [0.25, 0.3) is 5.91 Å². The van der Waals surface area contributed by atoms with E-state index in [2.05, 4.69) is 10.4 Å². The lowest BCUT2D eigenvalue weighted by Crippen LogP contribution is -2.40. The molecule has 0 radical (unpaired) electrons. The molecule has 6 heteroatoms. The third-order valence-electron chi connectivity index (χ3n) is 3.29. The van der Waals surface area contributed by atoms with Gasteiger partial charge in [0.15, 0.2) is 0 Å². The largest absolute Gasteiger partial charge is 0.480 e. The van der Waals surface area contributed by atoms with Crippen molar-refractivity contribution in [1.29, 1.82) is 0 Å². The molecule has 0 aliphatic heterocycles. The molecule has 2 rings (SSSR count). The second kappa shape index (κ2) is 6.89. The molecule has 1 heterocycles. The van der Waals surface area contributed by atoms with Crippen LogP contribution in [0.1, 0.15) is 35.7 Å². The van der Waals surface area contributed by atoms with Gasteiger partial charge in [-0.15, -0.1) is 0 Å². The Morgan fingerprint density at radius 3 is 2.50 bits per heavy atom. The molecule has 2 aromatic rings. The summed E-state index contributed by atoms with van der Waals surface area (Å²) in [6.45, 7) is 3.83. The third kappa shape index (κ3) is 3.72. The van der Waals surface area contributed by atoms with Gasteiger partial charge in [-0.3, -0.25) is 4.79 Å². The number of carboxylic acid groups (broad SMARTS) is 1. The second-order valence-corrected chi connectivity index (χ2v) is 5.16. The van der Waals surface area contributed by atoms with Gasteiger partial charge in [0.2, 0.25) is 0 Å². The molecule has 0 spiro atoms. The van der Waals surface area contributed by atoms with E-state index in [0.29, 0.717) is 18.4 Å². The van der Waals surface area contributed by atoms with E-state index in [4.69, 9.17) is 5.11 Å². The Labute approximate surface area is 128 Å². The number of amides is 1. The Kier molecular flexibility index (Phi) is 4.93. The summed E-state index contributed by atoms with van der Waals surface area (Å²) < 4.78 is 1.72. The summed E-state index contributed by atoms with van der Waals surface area (Å²) >= 11 is 0. The Balaban J connectivity index is 2.09. The predicted octanol–water partition coefficient (Wildman–Crippen LogP) is 2.16. The molecule has 0 aliphatic carbocycles. The van der Waals surface area contributed by atoms with Crippen molar-refractivity contribution >= 4 is 11.9 Å². The normalized spacial score (nSPS) is 11.9. The zero-order valence-corrected chi connectivity index (χ0v) is 12.6. The number of benzene rings is 1. The standard InChI is InChI=1S/C16H19N3O3/c1-3-4-14(16(21)22)18-15(20)12-5-7-13(8-6-12)19-10-11(2)9-17-19/h5-10,14H,3-4H2,1-2H3,(H,18,20)(H,21,22). The van der Waals surface area contributed by atoms with Crippen LogP contribution in [0.5, 0.6) is 0 Å². The maximum atomic E-state index is 12.1. The summed E-state index contributed by atoms with van der Waals surface area (Å²) in [7, 11) is 0. The van der Waals surface area contributed by atoms with Crippen LogP contribution in [-0.2, 0) is 4.79 Å². The number of hydrogen-bond donors (Lipinski definition) is 2. The van der Waals surface area contributed by atoms with Crippen LogP contribution in [0.3, 0.4) is 0 Å². The molecule has 1 aromatic carbocycles. The molecule has 1 amide bonds. The second-order valence-electron chi connectivity index (χ2n) is 5.16. The number of nitrogens with one attached hydrogen (secondary N) is 1. The Morgan fingerprint density at radius 1 is 1.32 bits per heavy atom. The molecule has 0 saturated carbocycles. The molecule has 0 saturated heterocycles. The van der Waals surface area contributed by atoms with E-state index in [0.717, 1.165) is 11.3 Å². The maximum absolute atomic E-state index is 12.1. The van der Waals surface area contributed by atoms with Crippen LogP contribution in [-0.4, -0.2) is 32.8 Å². The number of nitrogens with zero attached hydrogens (tertiary/aromatic N) is 2. The molecule has 0 bridgehead atoms. The zero-order chi connectivity index (χ0) is 16.1. The van der Waals surface area contributed by atoms with Crippen molar-refractivity contribution in [3.8, 4) is 5.69 Å². The van der Waals surface area contributed by atoms with Crippen molar-refractivity contribution in [2.75, 3.05) is 0 Å². The topological polar surface area (TPSA) is 84.2 Å². The van der Waals surface area contributed by atoms with E-state index in [1.807, 2.05) is 20.0 Å². The zero-order valence-electron chi connectivity index (χ0n) is 12.6. The number of hydrogen-bond acceptors (Lipinski definition) is 3. The van der Waals surface area contributed by atoms with Crippen molar-refractivity contribution < 1.29 is 14.7 Å². The van der Waals surface area contributed by atoms with E-state index < -0.39 is 12.0 Å². The van der Waals surface area contributed by atoms with Gasteiger partial charge in [0.05, 0.1) is 11.9 Å². The van der Waals surface area contributed by atoms with Gasteiger partial charge in [-0.2, -0.15) is 5.10 Å². The highest BCUT2D eigenvalue weighted by atomic mass is 16.4. The summed E-state index contributed by atoms with van der Waals surface area (Å²) in [4.78, 5) is 23.2. The van der Waals surface area contributed by atoms with Crippen LogP contribution in [0.25, 0.3) is 5.69 Å². The van der Waals surface area contributed by atoms with Crippen molar-refractivity contribution in [3.05, 3.63) is 47.8 Å². The molecule has 0 aliphatic rings. The fourth-order valence-electron chi connectivity index (χ4n) is 2.11. The number of carbonyl (C=O) groups is 2. The highest BCUT2D eigenvalue weighted by Gasteiger charge is 2.19. The minimum absolute atomic E-state index is 0.385. The van der Waals surface area contributed by atoms with Crippen LogP contribution in [0.15, 0.2) is 36.7 Å². The average molecular weight is 301 g/mol. The van der Waals surface area contributed by atoms with Crippen molar-refractivity contribution in [2.45, 2.75) is 32.7 Å². The molecule has 0 fully saturated rings. The fourth-order valence-corrected chi connectivity index (χ4v) is 2.11. The van der Waals surface area contributed by atoms with Gasteiger partial charge >= 0.3 is 5.97 Å². The van der Waals surface area contributed by atoms with E-state index in [9.17, 15) is 9.59 Å². The lowest BCUT2D eigenvalue weighted by molar-refractivity contribution is -0.139. The van der Waals surface area contributed by atoms with Gasteiger partial charge in [-0.1, -0.05) is 13.3 Å². The highest BCUT2D eigenvalue weighted by molar-refractivity contribution is 5.96. The van der Waals surface area contributed by atoms with Crippen molar-refractivity contribution in [1.82, 2.24) is 15.1 Å². The molecule has 116 valence electrons. The number of aryl methyl sites for hydroxylation is 1. The first-order valence-electron chi connectivity index (χ1n) is 7.16. The molecular weight excluding hydrogens is 282 g/mol. The molecule has 1 atom stereocenters. The van der Waals surface area contributed by atoms with E-state index >= 15 is 0 Å². The summed E-state index contributed by atoms with van der Waals surface area (Å²) in [5.74, 6) is -1.40. The molecule has 1 aromatic heterocycles. The number of rotatable bonds is 6. The van der Waals surface area contributed by atoms with Crippen LogP contribution >= 0.6 is 0 Å². The number of aromatic nitrogens is 2. The van der Waals surface area contributed by atoms with E-state index in [1.54, 1.807) is 35.1 Å². The van der Waals surface area contributed by atoms with Crippen molar-refractivity contribution in [3.63, 3.8) is 0 Å². The summed E-state index contributed by atoms with van der Waals surface area (Å²) in [5.41, 5.74) is 2.31. The van der Waals surface area contributed by atoms with Crippen molar-refractivity contribution in [2.24, 2.45) is 0 Å². The predicted molar refractivity (Wildman–Crippen MR) is 82.1 cm³/mol. The first-order chi connectivity index (χ1) is 10.5. The number of carboxylic acids is 1. The Hall–Kier alpha value is -2.63. The van der Waals surface area contributed by atoms with Gasteiger partial charge in [0.1, 0.15) is 6.04 Å². The number of aliphatic carboxylic acids is 1. The van der Waals surface area contributed by atoms with Crippen LogP contribution in [0.2, 0.25) is 0 Å². The van der Waals surface area contributed by atoms with E-state index in [1.165, 1.54) is 0 Å². The maximum Gasteiger partial charge on any atom is 0.326 e. The summed E-state index contributed by atoms with van der Waals surface area (Å²) in [5, 5.41) is 15.8. The summed E-state index contributed by atoms with van der Waals surface area (Å²) in [6.07, 6.45) is 4.74. The van der Waals surface area contributed by atoms with E-state index in [-0.39, 0.29) is 5.91 Å². The highest BCUT2D eigenvalue weighted by Crippen LogP contribution is 2.10. The van der Waals surface area contributed by atoms with Gasteiger partial charge < -0.3 is 10.4 Å². The van der Waals surface area contributed by atoms with Gasteiger partial charge in [-0.25, -0.2) is 9.48 Å². The van der Waals surface area contributed by atoms with Crippen LogP contribution in [0, 0.1) is 6.92 Å². The lowest BCUT2D eigenvalue weighted by atomic mass is 10.1. The van der Waals surface area contributed by atoms with Gasteiger partial charge in [-0.05, 0) is 43.2 Å². The first kappa shape index (κ1) is 15.8. The average Bonchev–Trinajstić information content (AvgIpc) is 2.93. The van der Waals surface area contributed by atoms with Gasteiger partial charge in [0, 0.05) is 11.8 Å². The molecule has 1 unspecified atom stereocenters. The first-order valence-corrected chi connectivity index (χ1v) is 7.16.